The van der Waals surface area contributed by atoms with Gasteiger partial charge in [-0.2, -0.15) is 0 Å². The second-order valence-electron chi connectivity index (χ2n) is 5.86. The molecular formula is C18H22N4O. The molecule has 0 unspecified atom stereocenters. The summed E-state index contributed by atoms with van der Waals surface area (Å²) in [7, 11) is 0. The summed E-state index contributed by atoms with van der Waals surface area (Å²) in [6.07, 6.45) is 6.75. The summed E-state index contributed by atoms with van der Waals surface area (Å²) in [5.74, 6) is 0.921. The number of hydrogen-bond acceptors (Lipinski definition) is 4. The van der Waals surface area contributed by atoms with Crippen LogP contribution >= 0.6 is 0 Å². The quantitative estimate of drug-likeness (QED) is 0.920. The first kappa shape index (κ1) is 15.5. The van der Waals surface area contributed by atoms with Gasteiger partial charge in [0.25, 0.3) is 0 Å². The zero-order valence-corrected chi connectivity index (χ0v) is 13.2. The first-order valence-electron chi connectivity index (χ1n) is 8.16. The first-order valence-corrected chi connectivity index (χ1v) is 8.16. The van der Waals surface area contributed by atoms with Gasteiger partial charge in [0.05, 0.1) is 0 Å². The number of amides is 1. The number of anilines is 1. The van der Waals surface area contributed by atoms with Crippen LogP contribution in [0.15, 0.2) is 48.8 Å². The van der Waals surface area contributed by atoms with E-state index < -0.39 is 0 Å². The van der Waals surface area contributed by atoms with Gasteiger partial charge in [-0.05, 0) is 30.9 Å². The van der Waals surface area contributed by atoms with Gasteiger partial charge in [-0.1, -0.05) is 30.3 Å². The van der Waals surface area contributed by atoms with Crippen LogP contribution in [0.3, 0.4) is 0 Å². The minimum absolute atomic E-state index is 0.142. The van der Waals surface area contributed by atoms with Crippen molar-refractivity contribution >= 4 is 11.9 Å². The number of hydrogen-bond donors (Lipinski definition) is 1. The van der Waals surface area contributed by atoms with Crippen LogP contribution in [0.5, 0.6) is 0 Å². The Morgan fingerprint density at radius 3 is 2.48 bits per heavy atom. The Morgan fingerprint density at radius 1 is 1.09 bits per heavy atom. The van der Waals surface area contributed by atoms with Crippen molar-refractivity contribution in [2.75, 3.05) is 18.0 Å². The number of nitrogens with one attached hydrogen (secondary N) is 1. The summed E-state index contributed by atoms with van der Waals surface area (Å²) in [5, 5.41) is 3.15. The predicted molar refractivity (Wildman–Crippen MR) is 90.2 cm³/mol. The number of rotatable bonds is 5. The molecule has 1 N–H and O–H groups in total. The molecule has 0 saturated carbocycles. The summed E-state index contributed by atoms with van der Waals surface area (Å²) in [6, 6.07) is 12.2. The molecule has 23 heavy (non-hydrogen) atoms. The topological polar surface area (TPSA) is 58.1 Å². The van der Waals surface area contributed by atoms with Crippen molar-refractivity contribution in [3.05, 3.63) is 54.4 Å². The molecule has 120 valence electrons. The van der Waals surface area contributed by atoms with Gasteiger partial charge >= 0.3 is 0 Å². The summed E-state index contributed by atoms with van der Waals surface area (Å²) >= 11 is 0. The van der Waals surface area contributed by atoms with Gasteiger partial charge in [-0.25, -0.2) is 9.97 Å². The second kappa shape index (κ2) is 7.72. The zero-order chi connectivity index (χ0) is 15.9. The van der Waals surface area contributed by atoms with Crippen LogP contribution in [-0.4, -0.2) is 35.0 Å². The van der Waals surface area contributed by atoms with E-state index in [0.29, 0.717) is 6.42 Å². The van der Waals surface area contributed by atoms with Crippen LogP contribution in [0.2, 0.25) is 0 Å². The predicted octanol–water partition coefficient (Wildman–Crippen LogP) is 2.19. The molecule has 1 aromatic heterocycles. The summed E-state index contributed by atoms with van der Waals surface area (Å²) in [5.41, 5.74) is 1.21. The van der Waals surface area contributed by atoms with Crippen LogP contribution in [0.4, 0.5) is 5.95 Å². The van der Waals surface area contributed by atoms with Gasteiger partial charge in [-0.3, -0.25) is 4.79 Å². The summed E-state index contributed by atoms with van der Waals surface area (Å²) < 4.78 is 0. The van der Waals surface area contributed by atoms with E-state index in [4.69, 9.17) is 0 Å². The van der Waals surface area contributed by atoms with Gasteiger partial charge in [0.2, 0.25) is 11.9 Å². The number of nitrogens with zero attached hydrogens (tertiary/aromatic N) is 3. The number of aryl methyl sites for hydroxylation is 1. The number of aromatic nitrogens is 2. The van der Waals surface area contributed by atoms with E-state index in [1.165, 1.54) is 5.56 Å². The Morgan fingerprint density at radius 2 is 1.78 bits per heavy atom. The van der Waals surface area contributed by atoms with E-state index in [0.717, 1.165) is 38.3 Å². The number of carbonyl (C=O) groups is 1. The van der Waals surface area contributed by atoms with Crippen molar-refractivity contribution in [3.63, 3.8) is 0 Å². The molecule has 2 aromatic rings. The van der Waals surface area contributed by atoms with E-state index in [1.807, 2.05) is 24.3 Å². The summed E-state index contributed by atoms with van der Waals surface area (Å²) in [6.45, 7) is 1.77. The van der Waals surface area contributed by atoms with Crippen LogP contribution < -0.4 is 10.2 Å². The largest absolute Gasteiger partial charge is 0.353 e. The maximum atomic E-state index is 12.1. The molecule has 2 heterocycles. The SMILES string of the molecule is O=C(CCc1ccccc1)NC1CCN(c2ncccn2)CC1. The van der Waals surface area contributed by atoms with Crippen LogP contribution in [0, 0.1) is 0 Å². The molecule has 1 aromatic carbocycles. The minimum Gasteiger partial charge on any atom is -0.353 e. The smallest absolute Gasteiger partial charge is 0.225 e. The van der Waals surface area contributed by atoms with Gasteiger partial charge in [0, 0.05) is 37.9 Å². The van der Waals surface area contributed by atoms with Crippen molar-refractivity contribution in [2.24, 2.45) is 0 Å². The lowest BCUT2D eigenvalue weighted by molar-refractivity contribution is -0.121. The van der Waals surface area contributed by atoms with Crippen molar-refractivity contribution in [1.82, 2.24) is 15.3 Å². The lowest BCUT2D eigenvalue weighted by atomic mass is 10.0. The van der Waals surface area contributed by atoms with Crippen LogP contribution in [-0.2, 0) is 11.2 Å². The Balaban J connectivity index is 1.41. The molecule has 1 aliphatic rings. The average Bonchev–Trinajstić information content (AvgIpc) is 2.62. The number of benzene rings is 1. The highest BCUT2D eigenvalue weighted by atomic mass is 16.1. The van der Waals surface area contributed by atoms with Crippen molar-refractivity contribution in [2.45, 2.75) is 31.7 Å². The maximum absolute atomic E-state index is 12.1. The number of carbonyl (C=O) groups excluding carboxylic acids is 1. The Hall–Kier alpha value is -2.43. The van der Waals surface area contributed by atoms with Gasteiger partial charge in [0.15, 0.2) is 0 Å². The average molecular weight is 310 g/mol. The van der Waals surface area contributed by atoms with Gasteiger partial charge in [0.1, 0.15) is 0 Å². The van der Waals surface area contributed by atoms with Crippen LogP contribution in [0.25, 0.3) is 0 Å². The third-order valence-electron chi connectivity index (χ3n) is 4.18. The fraction of sp³-hybridized carbons (Fsp3) is 0.389. The highest BCUT2D eigenvalue weighted by Crippen LogP contribution is 2.15. The molecule has 1 saturated heterocycles. The fourth-order valence-electron chi connectivity index (χ4n) is 2.88. The lowest BCUT2D eigenvalue weighted by Gasteiger charge is -2.32. The van der Waals surface area contributed by atoms with E-state index in [9.17, 15) is 4.79 Å². The first-order chi connectivity index (χ1) is 11.3. The summed E-state index contributed by atoms with van der Waals surface area (Å²) in [4.78, 5) is 22.8. The third-order valence-corrected chi connectivity index (χ3v) is 4.18. The molecule has 0 bridgehead atoms. The van der Waals surface area contributed by atoms with Crippen molar-refractivity contribution in [1.29, 1.82) is 0 Å². The molecule has 1 amide bonds. The monoisotopic (exact) mass is 310 g/mol. The fourth-order valence-corrected chi connectivity index (χ4v) is 2.88. The van der Waals surface area contributed by atoms with Crippen molar-refractivity contribution in [3.8, 4) is 0 Å². The van der Waals surface area contributed by atoms with E-state index >= 15 is 0 Å². The Kier molecular flexibility index (Phi) is 5.19. The van der Waals surface area contributed by atoms with Gasteiger partial charge in [-0.15, -0.1) is 0 Å². The third kappa shape index (κ3) is 4.52. The molecular weight excluding hydrogens is 288 g/mol. The molecule has 1 aliphatic heterocycles. The lowest BCUT2D eigenvalue weighted by Crippen LogP contribution is -2.45. The Labute approximate surface area is 136 Å². The molecule has 0 spiro atoms. The standard InChI is InChI=1S/C18H22N4O/c23-17(8-7-15-5-2-1-3-6-15)21-16-9-13-22(14-10-16)18-19-11-4-12-20-18/h1-6,11-12,16H,7-10,13-14H2,(H,21,23). The van der Waals surface area contributed by atoms with Crippen LogP contribution in [0.1, 0.15) is 24.8 Å². The minimum atomic E-state index is 0.142. The molecule has 0 atom stereocenters. The maximum Gasteiger partial charge on any atom is 0.225 e. The van der Waals surface area contributed by atoms with E-state index in [2.05, 4.69) is 32.3 Å². The zero-order valence-electron chi connectivity index (χ0n) is 13.2. The number of piperidine rings is 1. The highest BCUT2D eigenvalue weighted by molar-refractivity contribution is 5.76. The molecule has 5 nitrogen and oxygen atoms in total. The second-order valence-corrected chi connectivity index (χ2v) is 5.86. The van der Waals surface area contributed by atoms with E-state index in [-0.39, 0.29) is 11.9 Å². The van der Waals surface area contributed by atoms with Gasteiger partial charge < -0.3 is 10.2 Å². The molecule has 3 rings (SSSR count). The molecule has 1 fully saturated rings. The Bertz CT molecular complexity index is 609. The highest BCUT2D eigenvalue weighted by Gasteiger charge is 2.21. The molecule has 0 radical (unpaired) electrons. The van der Waals surface area contributed by atoms with Crippen molar-refractivity contribution < 1.29 is 4.79 Å². The normalized spacial score (nSPS) is 15.4. The molecule has 0 aliphatic carbocycles. The molecule has 5 heteroatoms. The van der Waals surface area contributed by atoms with E-state index in [1.54, 1.807) is 12.4 Å².